The number of H-pyrrole nitrogens is 1. The van der Waals surface area contributed by atoms with Gasteiger partial charge in [0.15, 0.2) is 10.9 Å². The van der Waals surface area contributed by atoms with Crippen LogP contribution < -0.4 is 16.2 Å². The van der Waals surface area contributed by atoms with Gasteiger partial charge >= 0.3 is 0 Å². The fourth-order valence-corrected chi connectivity index (χ4v) is 4.19. The molecule has 0 saturated carbocycles. The van der Waals surface area contributed by atoms with Gasteiger partial charge in [0.2, 0.25) is 0 Å². The number of Topliss-reactive ketones (excluding diaryl/α,β-unsaturated/α-hetero) is 1. The van der Waals surface area contributed by atoms with Crippen LogP contribution in [0, 0.1) is 12.3 Å². The summed E-state index contributed by atoms with van der Waals surface area (Å²) in [6, 6.07) is 7.23. The first-order chi connectivity index (χ1) is 12.2. The van der Waals surface area contributed by atoms with E-state index in [4.69, 9.17) is 12.2 Å². The van der Waals surface area contributed by atoms with Crippen molar-refractivity contribution in [1.82, 2.24) is 15.6 Å². The van der Waals surface area contributed by atoms with E-state index < -0.39 is 6.04 Å². The molecule has 1 aromatic carbocycles. The predicted molar refractivity (Wildman–Crippen MR) is 106 cm³/mol. The lowest BCUT2D eigenvalue weighted by Crippen LogP contribution is -2.49. The van der Waals surface area contributed by atoms with Crippen molar-refractivity contribution in [3.8, 4) is 0 Å². The minimum atomic E-state index is -0.518. The summed E-state index contributed by atoms with van der Waals surface area (Å²) in [5.74, 6) is 0.0625. The van der Waals surface area contributed by atoms with Crippen molar-refractivity contribution in [3.63, 3.8) is 0 Å². The van der Waals surface area contributed by atoms with E-state index in [0.29, 0.717) is 22.7 Å². The number of fused-ring (bicyclic) bond motifs is 1. The third-order valence-electron chi connectivity index (χ3n) is 5.09. The van der Waals surface area contributed by atoms with E-state index in [-0.39, 0.29) is 16.8 Å². The Kier molecular flexibility index (Phi) is 3.77. The van der Waals surface area contributed by atoms with Gasteiger partial charge in [0.05, 0.1) is 6.04 Å². The van der Waals surface area contributed by atoms with E-state index in [0.717, 1.165) is 28.6 Å². The van der Waals surface area contributed by atoms with E-state index >= 15 is 0 Å². The molecule has 1 atom stereocenters. The zero-order chi connectivity index (χ0) is 18.6. The molecule has 2 aromatic rings. The first-order valence-corrected chi connectivity index (χ1v) is 9.12. The molecule has 1 aromatic heterocycles. The Labute approximate surface area is 156 Å². The number of aromatic amines is 1. The SMILES string of the molecule is Cc1ccc2[nH]c(=O)c(C3NC(=S)NC4=C3C(=O)CC(C)(C)C4)cc2c1. The summed E-state index contributed by atoms with van der Waals surface area (Å²) in [6.45, 7) is 6.15. The molecule has 0 bridgehead atoms. The van der Waals surface area contributed by atoms with Crippen LogP contribution in [0.3, 0.4) is 0 Å². The molecule has 26 heavy (non-hydrogen) atoms. The smallest absolute Gasteiger partial charge is 0.254 e. The molecule has 0 fully saturated rings. The number of carbonyl (C=O) groups is 1. The van der Waals surface area contributed by atoms with Gasteiger partial charge in [-0.2, -0.15) is 0 Å². The Hall–Kier alpha value is -2.47. The fourth-order valence-electron chi connectivity index (χ4n) is 3.95. The largest absolute Gasteiger partial charge is 0.351 e. The highest BCUT2D eigenvalue weighted by Gasteiger charge is 2.40. The molecule has 0 spiro atoms. The van der Waals surface area contributed by atoms with E-state index in [1.807, 2.05) is 31.2 Å². The summed E-state index contributed by atoms with van der Waals surface area (Å²) >= 11 is 5.34. The summed E-state index contributed by atoms with van der Waals surface area (Å²) in [7, 11) is 0. The molecular formula is C20H21N3O2S. The Morgan fingerprint density at radius 3 is 2.69 bits per heavy atom. The number of allylic oxidation sites excluding steroid dienone is 1. The van der Waals surface area contributed by atoms with Crippen LogP contribution in [0.15, 0.2) is 40.3 Å². The van der Waals surface area contributed by atoms with Crippen LogP contribution in [0.25, 0.3) is 10.9 Å². The Bertz CT molecular complexity index is 1050. The van der Waals surface area contributed by atoms with Gasteiger partial charge < -0.3 is 15.6 Å². The lowest BCUT2D eigenvalue weighted by molar-refractivity contribution is -0.118. The highest BCUT2D eigenvalue weighted by Crippen LogP contribution is 2.41. The van der Waals surface area contributed by atoms with E-state index in [1.165, 1.54) is 0 Å². The lowest BCUT2D eigenvalue weighted by Gasteiger charge is -2.39. The monoisotopic (exact) mass is 367 g/mol. The van der Waals surface area contributed by atoms with Crippen molar-refractivity contribution < 1.29 is 4.79 Å². The molecule has 1 aliphatic carbocycles. The first-order valence-electron chi connectivity index (χ1n) is 8.71. The maximum atomic E-state index is 12.9. The Balaban J connectivity index is 1.90. The van der Waals surface area contributed by atoms with Crippen molar-refractivity contribution in [2.45, 2.75) is 39.7 Å². The lowest BCUT2D eigenvalue weighted by atomic mass is 9.73. The highest BCUT2D eigenvalue weighted by atomic mass is 32.1. The van der Waals surface area contributed by atoms with Gasteiger partial charge in [-0.3, -0.25) is 9.59 Å². The topological polar surface area (TPSA) is 74.0 Å². The Morgan fingerprint density at radius 1 is 1.15 bits per heavy atom. The van der Waals surface area contributed by atoms with E-state index in [9.17, 15) is 9.59 Å². The van der Waals surface area contributed by atoms with Crippen LogP contribution in [0.5, 0.6) is 0 Å². The van der Waals surface area contributed by atoms with E-state index in [1.54, 1.807) is 0 Å². The van der Waals surface area contributed by atoms with Gasteiger partial charge in [0.1, 0.15) is 0 Å². The van der Waals surface area contributed by atoms with Crippen LogP contribution in [0.4, 0.5) is 0 Å². The van der Waals surface area contributed by atoms with Gasteiger partial charge in [-0.05, 0) is 54.6 Å². The zero-order valence-electron chi connectivity index (χ0n) is 15.0. The van der Waals surface area contributed by atoms with Crippen molar-refractivity contribution >= 4 is 34.0 Å². The van der Waals surface area contributed by atoms with Crippen LogP contribution in [0.1, 0.15) is 43.9 Å². The quantitative estimate of drug-likeness (QED) is 0.676. The number of ketones is 1. The van der Waals surface area contributed by atoms with Gasteiger partial charge in [0, 0.05) is 28.8 Å². The minimum absolute atomic E-state index is 0.0625. The fraction of sp³-hybridized carbons (Fsp3) is 0.350. The van der Waals surface area contributed by atoms with Crippen molar-refractivity contribution in [3.05, 3.63) is 57.0 Å². The molecule has 0 amide bonds. The molecule has 5 nitrogen and oxygen atoms in total. The predicted octanol–water partition coefficient (Wildman–Crippen LogP) is 3.00. The molecule has 0 saturated heterocycles. The number of thiocarbonyl (C=S) groups is 1. The molecule has 6 heteroatoms. The normalized spacial score (nSPS) is 22.0. The van der Waals surface area contributed by atoms with Crippen LogP contribution in [-0.4, -0.2) is 15.9 Å². The number of carbonyl (C=O) groups excluding carboxylic acids is 1. The zero-order valence-corrected chi connectivity index (χ0v) is 15.8. The molecule has 1 aliphatic heterocycles. The van der Waals surface area contributed by atoms with Crippen molar-refractivity contribution in [2.75, 3.05) is 0 Å². The highest BCUT2D eigenvalue weighted by molar-refractivity contribution is 7.80. The molecular weight excluding hydrogens is 346 g/mol. The third kappa shape index (κ3) is 2.84. The number of benzene rings is 1. The maximum absolute atomic E-state index is 12.9. The molecule has 2 heterocycles. The number of hydrogen-bond donors (Lipinski definition) is 3. The third-order valence-corrected chi connectivity index (χ3v) is 5.31. The van der Waals surface area contributed by atoms with Crippen LogP contribution in [-0.2, 0) is 4.79 Å². The number of hydrogen-bond acceptors (Lipinski definition) is 3. The number of aromatic nitrogens is 1. The Morgan fingerprint density at radius 2 is 1.92 bits per heavy atom. The van der Waals surface area contributed by atoms with Gasteiger partial charge in [-0.15, -0.1) is 0 Å². The maximum Gasteiger partial charge on any atom is 0.254 e. The first kappa shape index (κ1) is 17.0. The summed E-state index contributed by atoms with van der Waals surface area (Å²) in [5.41, 5.74) is 3.57. The number of nitrogens with one attached hydrogen (secondary N) is 3. The molecule has 2 aliphatic rings. The molecule has 4 rings (SSSR count). The van der Waals surface area contributed by atoms with E-state index in [2.05, 4.69) is 29.5 Å². The van der Waals surface area contributed by atoms with Crippen LogP contribution >= 0.6 is 12.2 Å². The number of aryl methyl sites for hydroxylation is 1. The van der Waals surface area contributed by atoms with Crippen molar-refractivity contribution in [2.24, 2.45) is 5.41 Å². The molecule has 1 unspecified atom stereocenters. The summed E-state index contributed by atoms with van der Waals surface area (Å²) < 4.78 is 0. The second kappa shape index (κ2) is 5.77. The number of pyridine rings is 1. The number of rotatable bonds is 1. The second-order valence-electron chi connectivity index (χ2n) is 8.01. The van der Waals surface area contributed by atoms with Gasteiger partial charge in [0.25, 0.3) is 5.56 Å². The standard InChI is InChI=1S/C20H21N3O2S/c1-10-4-5-13-11(6-10)7-12(18(25)21-13)17-16-14(22-19(26)23-17)8-20(2,3)9-15(16)24/h4-7,17H,8-9H2,1-3H3,(H,21,25)(H2,22,23,26). The summed E-state index contributed by atoms with van der Waals surface area (Å²) in [4.78, 5) is 28.5. The van der Waals surface area contributed by atoms with Crippen molar-refractivity contribution in [1.29, 1.82) is 0 Å². The summed E-state index contributed by atoms with van der Waals surface area (Å²) in [6.07, 6.45) is 1.19. The molecule has 134 valence electrons. The second-order valence-corrected chi connectivity index (χ2v) is 8.42. The average molecular weight is 367 g/mol. The average Bonchev–Trinajstić information content (AvgIpc) is 2.52. The van der Waals surface area contributed by atoms with Gasteiger partial charge in [-0.1, -0.05) is 25.5 Å². The van der Waals surface area contributed by atoms with Crippen LogP contribution in [0.2, 0.25) is 0 Å². The minimum Gasteiger partial charge on any atom is -0.351 e. The molecule has 3 N–H and O–H groups in total. The van der Waals surface area contributed by atoms with Gasteiger partial charge in [-0.25, -0.2) is 0 Å². The summed E-state index contributed by atoms with van der Waals surface area (Å²) in [5, 5.41) is 7.66. The molecule has 0 radical (unpaired) electrons.